The standard InChI is InChI=1S/C21H20N4O2/c26-21(24-17-9-10-19(22-15-17)25-12-4-5-13-25)16-8-11-20(23-14-16)27-18-6-2-1-3-7-18/h1-3,6-11,14-15H,4-5,12-13H2,(H,24,26). The summed E-state index contributed by atoms with van der Waals surface area (Å²) in [6.07, 6.45) is 5.60. The van der Waals surface area contributed by atoms with Crippen LogP contribution in [0.4, 0.5) is 11.5 Å². The number of pyridine rings is 2. The summed E-state index contributed by atoms with van der Waals surface area (Å²) >= 11 is 0. The van der Waals surface area contributed by atoms with Crippen LogP contribution in [0.2, 0.25) is 0 Å². The molecule has 1 N–H and O–H groups in total. The fraction of sp³-hybridized carbons (Fsp3) is 0.190. The molecule has 1 aliphatic rings. The Morgan fingerprint density at radius 1 is 0.926 bits per heavy atom. The zero-order valence-electron chi connectivity index (χ0n) is 14.8. The van der Waals surface area contributed by atoms with Gasteiger partial charge in [0.05, 0.1) is 17.4 Å². The molecule has 0 spiro atoms. The number of carbonyl (C=O) groups excluding carboxylic acids is 1. The monoisotopic (exact) mass is 360 g/mol. The number of anilines is 2. The molecule has 1 fully saturated rings. The van der Waals surface area contributed by atoms with E-state index in [4.69, 9.17) is 4.74 Å². The van der Waals surface area contributed by atoms with E-state index >= 15 is 0 Å². The molecule has 1 aromatic carbocycles. The van der Waals surface area contributed by atoms with E-state index in [1.807, 2.05) is 42.5 Å². The molecule has 3 aromatic rings. The lowest BCUT2D eigenvalue weighted by molar-refractivity contribution is 0.102. The van der Waals surface area contributed by atoms with Crippen LogP contribution in [-0.4, -0.2) is 29.0 Å². The van der Waals surface area contributed by atoms with Gasteiger partial charge in [-0.05, 0) is 43.2 Å². The Kier molecular flexibility index (Phi) is 4.96. The van der Waals surface area contributed by atoms with Gasteiger partial charge in [0, 0.05) is 25.4 Å². The number of para-hydroxylation sites is 1. The molecule has 27 heavy (non-hydrogen) atoms. The minimum absolute atomic E-state index is 0.232. The molecule has 0 saturated carbocycles. The number of aromatic nitrogens is 2. The third-order valence-electron chi connectivity index (χ3n) is 4.40. The first kappa shape index (κ1) is 17.0. The maximum absolute atomic E-state index is 12.4. The minimum Gasteiger partial charge on any atom is -0.439 e. The highest BCUT2D eigenvalue weighted by Crippen LogP contribution is 2.21. The second-order valence-corrected chi connectivity index (χ2v) is 6.35. The molecular weight excluding hydrogens is 340 g/mol. The van der Waals surface area contributed by atoms with Crippen molar-refractivity contribution in [2.24, 2.45) is 0 Å². The fourth-order valence-electron chi connectivity index (χ4n) is 2.98. The molecule has 0 unspecified atom stereocenters. The first-order valence-corrected chi connectivity index (χ1v) is 8.99. The van der Waals surface area contributed by atoms with Gasteiger partial charge in [-0.15, -0.1) is 0 Å². The summed E-state index contributed by atoms with van der Waals surface area (Å²) in [5.74, 6) is 1.86. The Hall–Kier alpha value is -3.41. The highest BCUT2D eigenvalue weighted by Gasteiger charge is 2.13. The number of hydrogen-bond acceptors (Lipinski definition) is 5. The average Bonchev–Trinajstić information content (AvgIpc) is 3.25. The molecule has 0 aliphatic carbocycles. The van der Waals surface area contributed by atoms with E-state index < -0.39 is 0 Å². The van der Waals surface area contributed by atoms with Gasteiger partial charge in [0.1, 0.15) is 11.6 Å². The van der Waals surface area contributed by atoms with Gasteiger partial charge in [-0.1, -0.05) is 18.2 Å². The molecular formula is C21H20N4O2. The summed E-state index contributed by atoms with van der Waals surface area (Å²) in [6, 6.07) is 16.6. The van der Waals surface area contributed by atoms with Gasteiger partial charge in [0.25, 0.3) is 5.91 Å². The number of ether oxygens (including phenoxy) is 1. The Labute approximate surface area is 157 Å². The predicted octanol–water partition coefficient (Wildman–Crippen LogP) is 4.12. The molecule has 1 saturated heterocycles. The van der Waals surface area contributed by atoms with Crippen LogP contribution in [0.1, 0.15) is 23.2 Å². The van der Waals surface area contributed by atoms with Crippen molar-refractivity contribution in [3.63, 3.8) is 0 Å². The van der Waals surface area contributed by atoms with E-state index in [2.05, 4.69) is 20.2 Å². The van der Waals surface area contributed by atoms with Gasteiger partial charge < -0.3 is 15.0 Å². The maximum atomic E-state index is 12.4. The maximum Gasteiger partial charge on any atom is 0.257 e. The topological polar surface area (TPSA) is 67.4 Å². The van der Waals surface area contributed by atoms with E-state index in [0.717, 1.165) is 18.9 Å². The number of carbonyl (C=O) groups is 1. The number of nitrogens with one attached hydrogen (secondary N) is 1. The number of rotatable bonds is 5. The second kappa shape index (κ2) is 7.86. The molecule has 2 aromatic heterocycles. The molecule has 6 heteroatoms. The highest BCUT2D eigenvalue weighted by atomic mass is 16.5. The average molecular weight is 360 g/mol. The van der Waals surface area contributed by atoms with E-state index in [0.29, 0.717) is 22.9 Å². The Balaban J connectivity index is 1.37. The lowest BCUT2D eigenvalue weighted by Crippen LogP contribution is -2.19. The zero-order chi connectivity index (χ0) is 18.5. The molecule has 4 rings (SSSR count). The SMILES string of the molecule is O=C(Nc1ccc(N2CCCC2)nc1)c1ccc(Oc2ccccc2)nc1. The van der Waals surface area contributed by atoms with Crippen LogP contribution in [0.5, 0.6) is 11.6 Å². The van der Waals surface area contributed by atoms with Gasteiger partial charge in [0.2, 0.25) is 5.88 Å². The first-order valence-electron chi connectivity index (χ1n) is 8.99. The van der Waals surface area contributed by atoms with Crippen molar-refractivity contribution < 1.29 is 9.53 Å². The molecule has 136 valence electrons. The molecule has 1 amide bonds. The summed E-state index contributed by atoms with van der Waals surface area (Å²) in [4.78, 5) is 23.3. The van der Waals surface area contributed by atoms with Crippen LogP contribution < -0.4 is 15.0 Å². The molecule has 0 bridgehead atoms. The van der Waals surface area contributed by atoms with Crippen LogP contribution in [0.15, 0.2) is 67.0 Å². The lowest BCUT2D eigenvalue weighted by atomic mass is 10.2. The Morgan fingerprint density at radius 3 is 2.41 bits per heavy atom. The van der Waals surface area contributed by atoms with Crippen molar-refractivity contribution in [1.29, 1.82) is 0 Å². The van der Waals surface area contributed by atoms with Crippen molar-refractivity contribution >= 4 is 17.4 Å². The number of amides is 1. The second-order valence-electron chi connectivity index (χ2n) is 6.35. The van der Waals surface area contributed by atoms with Crippen LogP contribution in [0, 0.1) is 0 Å². The molecule has 6 nitrogen and oxygen atoms in total. The van der Waals surface area contributed by atoms with Crippen LogP contribution in [0.25, 0.3) is 0 Å². The van der Waals surface area contributed by atoms with Gasteiger partial charge in [-0.25, -0.2) is 9.97 Å². The molecule has 3 heterocycles. The summed E-state index contributed by atoms with van der Waals surface area (Å²) < 4.78 is 5.64. The van der Waals surface area contributed by atoms with Crippen LogP contribution >= 0.6 is 0 Å². The Bertz CT molecular complexity index is 890. The zero-order valence-corrected chi connectivity index (χ0v) is 14.8. The van der Waals surface area contributed by atoms with Gasteiger partial charge in [-0.2, -0.15) is 0 Å². The van der Waals surface area contributed by atoms with Crippen LogP contribution in [-0.2, 0) is 0 Å². The van der Waals surface area contributed by atoms with Crippen molar-refractivity contribution in [1.82, 2.24) is 9.97 Å². The van der Waals surface area contributed by atoms with Crippen molar-refractivity contribution in [2.75, 3.05) is 23.3 Å². The molecule has 0 atom stereocenters. The van der Waals surface area contributed by atoms with Gasteiger partial charge >= 0.3 is 0 Å². The van der Waals surface area contributed by atoms with E-state index in [1.54, 1.807) is 18.3 Å². The Morgan fingerprint density at radius 2 is 1.74 bits per heavy atom. The third kappa shape index (κ3) is 4.23. The normalized spacial score (nSPS) is 13.4. The summed E-state index contributed by atoms with van der Waals surface area (Å²) in [5, 5.41) is 2.84. The largest absolute Gasteiger partial charge is 0.439 e. The smallest absolute Gasteiger partial charge is 0.257 e. The van der Waals surface area contributed by atoms with Gasteiger partial charge in [0.15, 0.2) is 0 Å². The van der Waals surface area contributed by atoms with Crippen molar-refractivity contribution in [2.45, 2.75) is 12.8 Å². The predicted molar refractivity (Wildman–Crippen MR) is 104 cm³/mol. The summed E-state index contributed by atoms with van der Waals surface area (Å²) in [6.45, 7) is 2.09. The van der Waals surface area contributed by atoms with Crippen molar-refractivity contribution in [3.8, 4) is 11.6 Å². The van der Waals surface area contributed by atoms with Crippen LogP contribution in [0.3, 0.4) is 0 Å². The van der Waals surface area contributed by atoms with Crippen molar-refractivity contribution in [3.05, 3.63) is 72.6 Å². The minimum atomic E-state index is -0.232. The molecule has 0 radical (unpaired) electrons. The first-order chi connectivity index (χ1) is 13.3. The highest BCUT2D eigenvalue weighted by molar-refractivity contribution is 6.04. The number of nitrogens with zero attached hydrogens (tertiary/aromatic N) is 3. The quantitative estimate of drug-likeness (QED) is 0.741. The number of benzene rings is 1. The fourth-order valence-corrected chi connectivity index (χ4v) is 2.98. The lowest BCUT2D eigenvalue weighted by Gasteiger charge is -2.16. The van der Waals surface area contributed by atoms with E-state index in [9.17, 15) is 4.79 Å². The summed E-state index contributed by atoms with van der Waals surface area (Å²) in [5.41, 5.74) is 1.12. The summed E-state index contributed by atoms with van der Waals surface area (Å²) in [7, 11) is 0. The van der Waals surface area contributed by atoms with Gasteiger partial charge in [-0.3, -0.25) is 4.79 Å². The van der Waals surface area contributed by atoms with E-state index in [1.165, 1.54) is 19.0 Å². The third-order valence-corrected chi connectivity index (χ3v) is 4.40. The number of hydrogen-bond donors (Lipinski definition) is 1. The molecule has 1 aliphatic heterocycles. The van der Waals surface area contributed by atoms with E-state index in [-0.39, 0.29) is 5.91 Å².